The number of pyridine rings is 1. The normalized spacial score (nSPS) is 9.80. The van der Waals surface area contributed by atoms with Crippen LogP contribution in [0.5, 0.6) is 0 Å². The molecule has 0 bridgehead atoms. The Morgan fingerprint density at radius 3 is 2.60 bits per heavy atom. The lowest BCUT2D eigenvalue weighted by Gasteiger charge is -2.01. The van der Waals surface area contributed by atoms with Gasteiger partial charge in [0.05, 0.1) is 0 Å². The molecule has 0 unspecified atom stereocenters. The van der Waals surface area contributed by atoms with Gasteiger partial charge in [-0.3, -0.25) is 4.79 Å². The summed E-state index contributed by atoms with van der Waals surface area (Å²) in [6.45, 7) is 1.84. The van der Waals surface area contributed by atoms with Gasteiger partial charge in [-0.2, -0.15) is 0 Å². The zero-order chi connectivity index (χ0) is 7.72. The van der Waals surface area contributed by atoms with Crippen molar-refractivity contribution in [2.45, 2.75) is 6.92 Å². The van der Waals surface area contributed by atoms with Crippen molar-refractivity contribution in [3.05, 3.63) is 28.2 Å². The number of rotatable bonds is 0. The SMILES string of the molecule is Cc1cc(N)cc(=O)n1C. The molecular weight excluding hydrogens is 128 g/mol. The molecule has 3 heteroatoms. The molecule has 0 atom stereocenters. The number of hydrogen-bond acceptors (Lipinski definition) is 2. The molecular formula is C7H10N2O. The number of anilines is 1. The molecule has 1 rings (SSSR count). The van der Waals surface area contributed by atoms with E-state index in [2.05, 4.69) is 0 Å². The van der Waals surface area contributed by atoms with Crippen LogP contribution in [0.3, 0.4) is 0 Å². The van der Waals surface area contributed by atoms with Gasteiger partial charge in [-0.05, 0) is 13.0 Å². The lowest BCUT2D eigenvalue weighted by molar-refractivity contribution is 0.820. The van der Waals surface area contributed by atoms with Crippen molar-refractivity contribution in [2.24, 2.45) is 7.05 Å². The minimum absolute atomic E-state index is 0.0579. The molecule has 0 saturated carbocycles. The van der Waals surface area contributed by atoms with Gasteiger partial charge in [-0.25, -0.2) is 0 Å². The van der Waals surface area contributed by atoms with Gasteiger partial charge in [-0.15, -0.1) is 0 Å². The fourth-order valence-electron chi connectivity index (χ4n) is 0.793. The highest BCUT2D eigenvalue weighted by Crippen LogP contribution is 1.98. The first-order valence-electron chi connectivity index (χ1n) is 3.04. The Labute approximate surface area is 59.1 Å². The minimum Gasteiger partial charge on any atom is -0.399 e. The summed E-state index contributed by atoms with van der Waals surface area (Å²) in [4.78, 5) is 10.9. The summed E-state index contributed by atoms with van der Waals surface area (Å²) < 4.78 is 1.55. The smallest absolute Gasteiger partial charge is 0.252 e. The lowest BCUT2D eigenvalue weighted by Crippen LogP contribution is -2.18. The van der Waals surface area contributed by atoms with Gasteiger partial charge in [0.2, 0.25) is 0 Å². The zero-order valence-electron chi connectivity index (χ0n) is 6.09. The molecule has 0 saturated heterocycles. The Morgan fingerprint density at radius 2 is 2.10 bits per heavy atom. The summed E-state index contributed by atoms with van der Waals surface area (Å²) in [5, 5.41) is 0. The van der Waals surface area contributed by atoms with Crippen LogP contribution in [-0.4, -0.2) is 4.57 Å². The average molecular weight is 138 g/mol. The molecule has 0 amide bonds. The summed E-state index contributed by atoms with van der Waals surface area (Å²) in [5.41, 5.74) is 6.77. The van der Waals surface area contributed by atoms with Gasteiger partial charge in [-0.1, -0.05) is 0 Å². The van der Waals surface area contributed by atoms with Crippen LogP contribution in [0.1, 0.15) is 5.69 Å². The zero-order valence-corrected chi connectivity index (χ0v) is 6.09. The Kier molecular flexibility index (Phi) is 1.49. The minimum atomic E-state index is -0.0579. The second kappa shape index (κ2) is 2.17. The van der Waals surface area contributed by atoms with E-state index in [1.807, 2.05) is 6.92 Å². The van der Waals surface area contributed by atoms with Crippen molar-refractivity contribution in [1.82, 2.24) is 4.57 Å². The second-order valence-electron chi connectivity index (χ2n) is 2.33. The van der Waals surface area contributed by atoms with Gasteiger partial charge in [0.1, 0.15) is 0 Å². The molecule has 0 spiro atoms. The van der Waals surface area contributed by atoms with Gasteiger partial charge < -0.3 is 10.3 Å². The molecule has 0 aliphatic rings. The maximum Gasteiger partial charge on any atom is 0.252 e. The van der Waals surface area contributed by atoms with Gasteiger partial charge in [0.15, 0.2) is 0 Å². The molecule has 0 aliphatic heterocycles. The highest BCUT2D eigenvalue weighted by molar-refractivity contribution is 5.37. The first-order chi connectivity index (χ1) is 4.61. The number of aryl methyl sites for hydroxylation is 1. The van der Waals surface area contributed by atoms with Crippen LogP contribution in [0.2, 0.25) is 0 Å². The summed E-state index contributed by atoms with van der Waals surface area (Å²) in [6.07, 6.45) is 0. The van der Waals surface area contributed by atoms with Crippen molar-refractivity contribution in [3.63, 3.8) is 0 Å². The highest BCUT2D eigenvalue weighted by atomic mass is 16.1. The fourth-order valence-corrected chi connectivity index (χ4v) is 0.793. The van der Waals surface area contributed by atoms with Crippen LogP contribution in [0.15, 0.2) is 16.9 Å². The molecule has 10 heavy (non-hydrogen) atoms. The van der Waals surface area contributed by atoms with E-state index in [0.717, 1.165) is 5.69 Å². The average Bonchev–Trinajstić information content (AvgIpc) is 1.82. The largest absolute Gasteiger partial charge is 0.399 e. The molecule has 0 aromatic carbocycles. The number of hydrogen-bond donors (Lipinski definition) is 1. The van der Waals surface area contributed by atoms with E-state index in [4.69, 9.17) is 5.73 Å². The molecule has 3 nitrogen and oxygen atoms in total. The van der Waals surface area contributed by atoms with E-state index < -0.39 is 0 Å². The van der Waals surface area contributed by atoms with Crippen molar-refractivity contribution in [2.75, 3.05) is 5.73 Å². The van der Waals surface area contributed by atoms with Crippen LogP contribution in [0.25, 0.3) is 0 Å². The molecule has 2 N–H and O–H groups in total. The maximum absolute atomic E-state index is 10.9. The topological polar surface area (TPSA) is 48.0 Å². The van der Waals surface area contributed by atoms with E-state index in [1.54, 1.807) is 17.7 Å². The predicted octanol–water partition coefficient (Wildman–Crippen LogP) is 0.276. The maximum atomic E-state index is 10.9. The second-order valence-corrected chi connectivity index (χ2v) is 2.33. The first-order valence-corrected chi connectivity index (χ1v) is 3.04. The van der Waals surface area contributed by atoms with Crippen LogP contribution in [0.4, 0.5) is 5.69 Å². The summed E-state index contributed by atoms with van der Waals surface area (Å²) in [7, 11) is 1.72. The van der Waals surface area contributed by atoms with Gasteiger partial charge in [0.25, 0.3) is 5.56 Å². The fraction of sp³-hybridized carbons (Fsp3) is 0.286. The van der Waals surface area contributed by atoms with Crippen molar-refractivity contribution in [1.29, 1.82) is 0 Å². The third-order valence-electron chi connectivity index (χ3n) is 1.53. The lowest BCUT2D eigenvalue weighted by atomic mass is 10.3. The molecule has 1 aromatic heterocycles. The monoisotopic (exact) mass is 138 g/mol. The predicted molar refractivity (Wildman–Crippen MR) is 40.8 cm³/mol. The van der Waals surface area contributed by atoms with Crippen LogP contribution in [-0.2, 0) is 7.05 Å². The van der Waals surface area contributed by atoms with E-state index in [9.17, 15) is 4.79 Å². The van der Waals surface area contributed by atoms with E-state index in [-0.39, 0.29) is 5.56 Å². The van der Waals surface area contributed by atoms with Crippen molar-refractivity contribution < 1.29 is 0 Å². The van der Waals surface area contributed by atoms with E-state index in [0.29, 0.717) is 5.69 Å². The summed E-state index contributed by atoms with van der Waals surface area (Å²) in [5.74, 6) is 0. The van der Waals surface area contributed by atoms with Crippen molar-refractivity contribution in [3.8, 4) is 0 Å². The summed E-state index contributed by atoms with van der Waals surface area (Å²) in [6, 6.07) is 3.18. The highest BCUT2D eigenvalue weighted by Gasteiger charge is 1.94. The number of nitrogen functional groups attached to an aromatic ring is 1. The number of aromatic nitrogens is 1. The van der Waals surface area contributed by atoms with Crippen LogP contribution < -0.4 is 11.3 Å². The first kappa shape index (κ1) is 6.86. The standard InChI is InChI=1S/C7H10N2O/c1-5-3-6(8)4-7(10)9(5)2/h3-4H,8H2,1-2H3. The molecule has 54 valence electrons. The van der Waals surface area contributed by atoms with Crippen LogP contribution >= 0.6 is 0 Å². The third kappa shape index (κ3) is 1.03. The molecule has 0 radical (unpaired) electrons. The molecule has 0 aliphatic carbocycles. The third-order valence-corrected chi connectivity index (χ3v) is 1.53. The summed E-state index contributed by atoms with van der Waals surface area (Å²) >= 11 is 0. The van der Waals surface area contributed by atoms with E-state index in [1.165, 1.54) is 6.07 Å². The number of nitrogens with two attached hydrogens (primary N) is 1. The van der Waals surface area contributed by atoms with Gasteiger partial charge >= 0.3 is 0 Å². The van der Waals surface area contributed by atoms with Crippen molar-refractivity contribution >= 4 is 5.69 Å². The Bertz CT molecular complexity index is 301. The Balaban J connectivity index is 3.46. The van der Waals surface area contributed by atoms with E-state index >= 15 is 0 Å². The molecule has 0 fully saturated rings. The number of nitrogens with zero attached hydrogens (tertiary/aromatic N) is 1. The molecule has 1 heterocycles. The van der Waals surface area contributed by atoms with Crippen LogP contribution in [0, 0.1) is 6.92 Å². The Morgan fingerprint density at radius 1 is 1.50 bits per heavy atom. The quantitative estimate of drug-likeness (QED) is 0.559. The molecule has 1 aromatic rings. The Hall–Kier alpha value is -1.25. The van der Waals surface area contributed by atoms with Gasteiger partial charge in [0, 0.05) is 24.5 Å².